The van der Waals surface area contributed by atoms with E-state index in [1.165, 1.54) is 270 Å². The molecule has 4 nitrogen and oxygen atoms in total. The molecule has 60 heavy (non-hydrogen) atoms. The van der Waals surface area contributed by atoms with E-state index in [0.717, 1.165) is 25.7 Å². The zero-order valence-electron chi connectivity index (χ0n) is 41.3. The molecule has 0 heterocycles. The molecule has 0 aromatic rings. The van der Waals surface area contributed by atoms with Crippen LogP contribution in [0, 0.1) is 0 Å². The third-order valence-corrected chi connectivity index (χ3v) is 13.3. The third kappa shape index (κ3) is 48.2. The van der Waals surface area contributed by atoms with Crippen LogP contribution in [0.1, 0.15) is 322 Å². The minimum Gasteiger partial charge on any atom is -0.394 e. The van der Waals surface area contributed by atoms with Gasteiger partial charge in [0.1, 0.15) is 0 Å². The quantitative estimate of drug-likeness (QED) is 0.0422. The second-order valence-corrected chi connectivity index (χ2v) is 19.4. The lowest BCUT2D eigenvalue weighted by atomic mass is 10.0. The molecule has 358 valence electrons. The van der Waals surface area contributed by atoms with Crippen LogP contribution in [-0.4, -0.2) is 34.9 Å². The summed E-state index contributed by atoms with van der Waals surface area (Å²) < 4.78 is 0. The summed E-state index contributed by atoms with van der Waals surface area (Å²) >= 11 is 0. The van der Waals surface area contributed by atoms with Crippen molar-refractivity contribution in [2.24, 2.45) is 0 Å². The number of hydrogen-bond donors (Lipinski definition) is 3. The zero-order valence-corrected chi connectivity index (χ0v) is 41.3. The van der Waals surface area contributed by atoms with Crippen LogP contribution >= 0.6 is 0 Å². The normalized spacial score (nSPS) is 12.8. The molecule has 0 radical (unpaired) electrons. The van der Waals surface area contributed by atoms with Crippen molar-refractivity contribution in [3.8, 4) is 0 Å². The molecule has 0 aliphatic heterocycles. The molecule has 0 aromatic carbocycles. The Balaban J connectivity index is 3.40. The summed E-state index contributed by atoms with van der Waals surface area (Å²) in [6, 6.07) is -0.536. The highest BCUT2D eigenvalue weighted by Gasteiger charge is 2.20. The monoisotopic (exact) mass is 846 g/mol. The standard InChI is InChI=1S/C56H111NO3/c1-3-5-7-9-11-13-15-17-19-21-23-24-25-26-27-28-29-30-31-32-33-34-35-37-39-41-43-45-47-49-51-55(59)54(53-58)57-56(60)52-50-48-46-44-42-40-38-36-22-20-18-16-14-12-10-8-6-4-2/h20,22,54-55,58-59H,3-19,21,23-53H2,1-2H3,(H,57,60)/b22-20-. The molecule has 0 fully saturated rings. The Kier molecular flexibility index (Phi) is 51.7. The summed E-state index contributed by atoms with van der Waals surface area (Å²) in [7, 11) is 0. The maximum atomic E-state index is 12.5. The Hall–Kier alpha value is -0.870. The lowest BCUT2D eigenvalue weighted by Crippen LogP contribution is -2.45. The number of amides is 1. The van der Waals surface area contributed by atoms with Gasteiger partial charge in [0.05, 0.1) is 18.8 Å². The van der Waals surface area contributed by atoms with Crippen molar-refractivity contribution in [2.75, 3.05) is 6.61 Å². The summed E-state index contributed by atoms with van der Waals surface area (Å²) in [4.78, 5) is 12.5. The van der Waals surface area contributed by atoms with Gasteiger partial charge in [-0.1, -0.05) is 289 Å². The van der Waals surface area contributed by atoms with Gasteiger partial charge >= 0.3 is 0 Å². The van der Waals surface area contributed by atoms with Crippen LogP contribution in [0.4, 0.5) is 0 Å². The highest BCUT2D eigenvalue weighted by Crippen LogP contribution is 2.18. The topological polar surface area (TPSA) is 69.6 Å². The predicted molar refractivity (Wildman–Crippen MR) is 267 cm³/mol. The predicted octanol–water partition coefficient (Wildman–Crippen LogP) is 18.1. The second kappa shape index (κ2) is 52.5. The van der Waals surface area contributed by atoms with E-state index in [-0.39, 0.29) is 12.5 Å². The molecule has 4 heteroatoms. The van der Waals surface area contributed by atoms with Crippen molar-refractivity contribution in [1.82, 2.24) is 5.32 Å². The number of aliphatic hydroxyl groups is 2. The zero-order chi connectivity index (χ0) is 43.5. The minimum absolute atomic E-state index is 0.0304. The Labute approximate surface area is 377 Å². The Bertz CT molecular complexity index is 829. The molecule has 0 saturated heterocycles. The number of carbonyl (C=O) groups is 1. The molecule has 0 saturated carbocycles. The van der Waals surface area contributed by atoms with E-state index in [9.17, 15) is 15.0 Å². The average molecular weight is 847 g/mol. The lowest BCUT2D eigenvalue weighted by Gasteiger charge is -2.22. The molecule has 3 N–H and O–H groups in total. The fraction of sp³-hybridized carbons (Fsp3) is 0.946. The highest BCUT2D eigenvalue weighted by molar-refractivity contribution is 5.76. The van der Waals surface area contributed by atoms with Gasteiger partial charge in [0, 0.05) is 6.42 Å². The van der Waals surface area contributed by atoms with Gasteiger partial charge in [0.25, 0.3) is 0 Å². The van der Waals surface area contributed by atoms with Gasteiger partial charge in [-0.2, -0.15) is 0 Å². The maximum Gasteiger partial charge on any atom is 0.220 e. The Morgan fingerprint density at radius 2 is 0.633 bits per heavy atom. The van der Waals surface area contributed by atoms with Gasteiger partial charge in [0.2, 0.25) is 5.91 Å². The van der Waals surface area contributed by atoms with Crippen LogP contribution in [0.25, 0.3) is 0 Å². The molecule has 0 bridgehead atoms. The van der Waals surface area contributed by atoms with Crippen LogP contribution in [-0.2, 0) is 4.79 Å². The first kappa shape index (κ1) is 59.1. The summed E-state index contributed by atoms with van der Waals surface area (Å²) in [5.41, 5.74) is 0. The van der Waals surface area contributed by atoms with Crippen molar-refractivity contribution >= 4 is 5.91 Å². The molecule has 0 rings (SSSR count). The molecule has 0 aliphatic rings. The number of rotatable bonds is 52. The molecule has 0 spiro atoms. The summed E-state index contributed by atoms with van der Waals surface area (Å²) in [6.45, 7) is 4.39. The number of nitrogens with one attached hydrogen (secondary N) is 1. The SMILES string of the molecule is CCCCCCCCC/C=C\CCCCCCCCCC(=O)NC(CO)C(O)CCCCCCCCCCCCCCCCCCCCCCCCCCCCCCCC. The van der Waals surface area contributed by atoms with E-state index >= 15 is 0 Å². The van der Waals surface area contributed by atoms with Crippen LogP contribution in [0.15, 0.2) is 12.2 Å². The second-order valence-electron chi connectivity index (χ2n) is 19.4. The summed E-state index contributed by atoms with van der Waals surface area (Å²) in [5.74, 6) is -0.0304. The number of aliphatic hydroxyl groups excluding tert-OH is 2. The molecule has 2 atom stereocenters. The minimum atomic E-state index is -0.659. The molecule has 1 amide bonds. The molecule has 2 unspecified atom stereocenters. The van der Waals surface area contributed by atoms with Gasteiger partial charge in [0.15, 0.2) is 0 Å². The van der Waals surface area contributed by atoms with E-state index in [1.54, 1.807) is 0 Å². The van der Waals surface area contributed by atoms with E-state index < -0.39 is 12.1 Å². The van der Waals surface area contributed by atoms with Crippen molar-refractivity contribution < 1.29 is 15.0 Å². The first-order chi connectivity index (χ1) is 29.7. The summed E-state index contributed by atoms with van der Waals surface area (Å²) in [6.07, 6.45) is 67.7. The number of carbonyl (C=O) groups excluding carboxylic acids is 1. The largest absolute Gasteiger partial charge is 0.394 e. The number of allylic oxidation sites excluding steroid dienone is 2. The van der Waals surface area contributed by atoms with Crippen LogP contribution in [0.3, 0.4) is 0 Å². The van der Waals surface area contributed by atoms with Crippen molar-refractivity contribution in [3.63, 3.8) is 0 Å². The highest BCUT2D eigenvalue weighted by atomic mass is 16.3. The van der Waals surface area contributed by atoms with Gasteiger partial charge < -0.3 is 15.5 Å². The Morgan fingerprint density at radius 3 is 0.917 bits per heavy atom. The average Bonchev–Trinajstić information content (AvgIpc) is 3.25. The smallest absolute Gasteiger partial charge is 0.220 e. The van der Waals surface area contributed by atoms with Gasteiger partial charge in [-0.05, 0) is 38.5 Å². The third-order valence-electron chi connectivity index (χ3n) is 13.3. The van der Waals surface area contributed by atoms with Crippen LogP contribution < -0.4 is 5.32 Å². The van der Waals surface area contributed by atoms with Gasteiger partial charge in [-0.15, -0.1) is 0 Å². The van der Waals surface area contributed by atoms with E-state index in [4.69, 9.17) is 0 Å². The summed E-state index contributed by atoms with van der Waals surface area (Å²) in [5, 5.41) is 23.3. The van der Waals surface area contributed by atoms with E-state index in [1.807, 2.05) is 0 Å². The van der Waals surface area contributed by atoms with Crippen molar-refractivity contribution in [1.29, 1.82) is 0 Å². The first-order valence-electron chi connectivity index (χ1n) is 27.9. The lowest BCUT2D eigenvalue weighted by molar-refractivity contribution is -0.123. The molecular formula is C56H111NO3. The van der Waals surface area contributed by atoms with E-state index in [2.05, 4.69) is 31.3 Å². The van der Waals surface area contributed by atoms with Gasteiger partial charge in [-0.25, -0.2) is 0 Å². The van der Waals surface area contributed by atoms with E-state index in [0.29, 0.717) is 12.8 Å². The maximum absolute atomic E-state index is 12.5. The van der Waals surface area contributed by atoms with Gasteiger partial charge in [-0.3, -0.25) is 4.79 Å². The fourth-order valence-corrected chi connectivity index (χ4v) is 9.01. The molecule has 0 aromatic heterocycles. The fourth-order valence-electron chi connectivity index (χ4n) is 9.01. The molecule has 0 aliphatic carbocycles. The number of unbranched alkanes of at least 4 members (excludes halogenated alkanes) is 43. The first-order valence-corrected chi connectivity index (χ1v) is 27.9. The Morgan fingerprint density at radius 1 is 0.383 bits per heavy atom. The van der Waals surface area contributed by atoms with Crippen molar-refractivity contribution in [2.45, 2.75) is 334 Å². The molecular weight excluding hydrogens is 735 g/mol. The van der Waals surface area contributed by atoms with Crippen molar-refractivity contribution in [3.05, 3.63) is 12.2 Å². The van der Waals surface area contributed by atoms with Crippen LogP contribution in [0.5, 0.6) is 0 Å². The van der Waals surface area contributed by atoms with Crippen LogP contribution in [0.2, 0.25) is 0 Å². The number of hydrogen-bond acceptors (Lipinski definition) is 3.